The van der Waals surface area contributed by atoms with Crippen LogP contribution < -0.4 is 9.80 Å². The SMILES string of the molecule is O=C1c2sc(-c3ccc(N4CC[C@@H](F)C4)nc3F)nc2CCN1c1cncc(Br)c1. The number of thiazole rings is 1. The number of carbonyl (C=O) groups is 1. The Labute approximate surface area is 183 Å². The van der Waals surface area contributed by atoms with Gasteiger partial charge in [0.1, 0.15) is 21.9 Å². The molecule has 154 valence electrons. The summed E-state index contributed by atoms with van der Waals surface area (Å²) in [7, 11) is 0. The second kappa shape index (κ2) is 7.66. The molecule has 0 unspecified atom stereocenters. The fourth-order valence-electron chi connectivity index (χ4n) is 3.73. The molecular weight excluding hydrogens is 476 g/mol. The Morgan fingerprint density at radius 2 is 2.07 bits per heavy atom. The van der Waals surface area contributed by atoms with Crippen LogP contribution in [-0.2, 0) is 6.42 Å². The van der Waals surface area contributed by atoms with E-state index in [1.807, 2.05) is 6.07 Å². The number of alkyl halides is 1. The van der Waals surface area contributed by atoms with E-state index in [1.54, 1.807) is 34.3 Å². The maximum atomic E-state index is 14.8. The number of nitrogens with zero attached hydrogens (tertiary/aromatic N) is 5. The van der Waals surface area contributed by atoms with Crippen LogP contribution in [0, 0.1) is 5.95 Å². The molecule has 30 heavy (non-hydrogen) atoms. The summed E-state index contributed by atoms with van der Waals surface area (Å²) in [5.74, 6) is -0.417. The zero-order valence-corrected chi connectivity index (χ0v) is 18.1. The largest absolute Gasteiger partial charge is 0.353 e. The summed E-state index contributed by atoms with van der Waals surface area (Å²) in [6.07, 6.45) is 3.38. The minimum absolute atomic E-state index is 0.170. The third kappa shape index (κ3) is 3.47. The fourth-order valence-corrected chi connectivity index (χ4v) is 5.15. The van der Waals surface area contributed by atoms with Crippen molar-refractivity contribution >= 4 is 44.7 Å². The van der Waals surface area contributed by atoms with Gasteiger partial charge in [-0.3, -0.25) is 9.78 Å². The normalized spacial score (nSPS) is 18.8. The van der Waals surface area contributed by atoms with Gasteiger partial charge in [-0.1, -0.05) is 0 Å². The van der Waals surface area contributed by atoms with Crippen LogP contribution in [0.3, 0.4) is 0 Å². The first-order valence-corrected chi connectivity index (χ1v) is 11.1. The second-order valence-corrected chi connectivity index (χ2v) is 9.12. The van der Waals surface area contributed by atoms with Crippen molar-refractivity contribution in [2.45, 2.75) is 19.0 Å². The highest BCUT2D eigenvalue weighted by Gasteiger charge is 2.31. The van der Waals surface area contributed by atoms with E-state index in [2.05, 4.69) is 30.9 Å². The Morgan fingerprint density at radius 1 is 1.20 bits per heavy atom. The molecule has 1 fully saturated rings. The molecular formula is C20H16BrF2N5OS. The maximum absolute atomic E-state index is 14.8. The number of hydrogen-bond acceptors (Lipinski definition) is 6. The standard InChI is InChI=1S/C20H16BrF2N5OS/c21-11-7-13(9-24-8-11)28-6-4-15-17(20(28)29)30-19(25-15)14-1-2-16(26-18(14)23)27-5-3-12(22)10-27/h1-2,7-9,12H,3-6,10H2/t12-/m1/s1. The van der Waals surface area contributed by atoms with Crippen molar-refractivity contribution in [2.24, 2.45) is 0 Å². The molecule has 1 amide bonds. The van der Waals surface area contributed by atoms with E-state index in [1.165, 1.54) is 0 Å². The zero-order valence-electron chi connectivity index (χ0n) is 15.7. The minimum Gasteiger partial charge on any atom is -0.353 e. The number of fused-ring (bicyclic) bond motifs is 1. The van der Waals surface area contributed by atoms with Crippen molar-refractivity contribution in [3.8, 4) is 10.6 Å². The zero-order chi connectivity index (χ0) is 20.8. The number of hydrogen-bond donors (Lipinski definition) is 0. The van der Waals surface area contributed by atoms with E-state index < -0.39 is 12.1 Å². The van der Waals surface area contributed by atoms with Crippen molar-refractivity contribution in [1.29, 1.82) is 0 Å². The van der Waals surface area contributed by atoms with Crippen LogP contribution in [0.25, 0.3) is 10.6 Å². The summed E-state index contributed by atoms with van der Waals surface area (Å²) in [6, 6.07) is 5.12. The Bertz CT molecular complexity index is 1140. The molecule has 1 saturated heterocycles. The van der Waals surface area contributed by atoms with E-state index in [0.29, 0.717) is 53.0 Å². The van der Waals surface area contributed by atoms with Crippen LogP contribution >= 0.6 is 27.3 Å². The third-order valence-corrected chi connectivity index (χ3v) is 6.78. The summed E-state index contributed by atoms with van der Waals surface area (Å²) in [5, 5.41) is 0.420. The van der Waals surface area contributed by atoms with E-state index >= 15 is 0 Å². The summed E-state index contributed by atoms with van der Waals surface area (Å²) >= 11 is 4.54. The Morgan fingerprint density at radius 3 is 2.80 bits per heavy atom. The van der Waals surface area contributed by atoms with Gasteiger partial charge in [0, 0.05) is 30.2 Å². The van der Waals surface area contributed by atoms with E-state index in [9.17, 15) is 13.6 Å². The average molecular weight is 492 g/mol. The lowest BCUT2D eigenvalue weighted by Gasteiger charge is -2.25. The lowest BCUT2D eigenvalue weighted by molar-refractivity contribution is 0.0984. The molecule has 10 heteroatoms. The van der Waals surface area contributed by atoms with Gasteiger partial charge in [0.05, 0.1) is 29.7 Å². The topological polar surface area (TPSA) is 62.2 Å². The maximum Gasteiger partial charge on any atom is 0.270 e. The molecule has 2 aliphatic heterocycles. The van der Waals surface area contributed by atoms with E-state index in [4.69, 9.17) is 0 Å². The number of pyridine rings is 2. The third-order valence-electron chi connectivity index (χ3n) is 5.23. The van der Waals surface area contributed by atoms with Crippen LogP contribution in [0.4, 0.5) is 20.3 Å². The highest BCUT2D eigenvalue weighted by molar-refractivity contribution is 9.10. The summed E-state index contributed by atoms with van der Waals surface area (Å²) in [6.45, 7) is 1.23. The van der Waals surface area contributed by atoms with Crippen LogP contribution in [0.2, 0.25) is 0 Å². The molecule has 0 spiro atoms. The van der Waals surface area contributed by atoms with E-state index in [-0.39, 0.29) is 18.0 Å². The molecule has 1 atom stereocenters. The molecule has 2 aliphatic rings. The summed E-state index contributed by atoms with van der Waals surface area (Å²) in [4.78, 5) is 29.6. The van der Waals surface area contributed by atoms with Gasteiger partial charge >= 0.3 is 0 Å². The number of halogens is 3. The van der Waals surface area contributed by atoms with Crippen molar-refractivity contribution in [1.82, 2.24) is 15.0 Å². The number of anilines is 2. The van der Waals surface area contributed by atoms with Gasteiger partial charge in [-0.2, -0.15) is 4.39 Å². The molecule has 0 N–H and O–H groups in total. The molecule has 5 heterocycles. The molecule has 0 aromatic carbocycles. The smallest absolute Gasteiger partial charge is 0.270 e. The molecule has 3 aromatic rings. The van der Waals surface area contributed by atoms with Crippen molar-refractivity contribution in [3.05, 3.63) is 51.6 Å². The molecule has 3 aromatic heterocycles. The summed E-state index contributed by atoms with van der Waals surface area (Å²) < 4.78 is 29.0. The highest BCUT2D eigenvalue weighted by atomic mass is 79.9. The van der Waals surface area contributed by atoms with Gasteiger partial charge in [-0.05, 0) is 40.5 Å². The second-order valence-electron chi connectivity index (χ2n) is 7.20. The minimum atomic E-state index is -0.908. The average Bonchev–Trinajstić information content (AvgIpc) is 3.35. The number of aromatic nitrogens is 3. The van der Waals surface area contributed by atoms with Crippen LogP contribution in [0.5, 0.6) is 0 Å². The molecule has 0 aliphatic carbocycles. The molecule has 5 rings (SSSR count). The number of carbonyl (C=O) groups excluding carboxylic acids is 1. The molecule has 0 bridgehead atoms. The predicted octanol–water partition coefficient (Wildman–Crippen LogP) is 4.25. The van der Waals surface area contributed by atoms with Gasteiger partial charge < -0.3 is 9.80 Å². The monoisotopic (exact) mass is 491 g/mol. The Hall–Kier alpha value is -2.46. The van der Waals surface area contributed by atoms with E-state index in [0.717, 1.165) is 15.8 Å². The highest BCUT2D eigenvalue weighted by Crippen LogP contribution is 2.35. The van der Waals surface area contributed by atoms with Crippen molar-refractivity contribution in [3.63, 3.8) is 0 Å². The van der Waals surface area contributed by atoms with Crippen LogP contribution in [0.15, 0.2) is 35.1 Å². The predicted molar refractivity (Wildman–Crippen MR) is 114 cm³/mol. The lowest BCUT2D eigenvalue weighted by Crippen LogP contribution is -2.37. The molecule has 6 nitrogen and oxygen atoms in total. The van der Waals surface area contributed by atoms with Crippen LogP contribution in [-0.4, -0.2) is 46.7 Å². The van der Waals surface area contributed by atoms with Crippen LogP contribution in [0.1, 0.15) is 21.8 Å². The van der Waals surface area contributed by atoms with Gasteiger partial charge in [-0.15, -0.1) is 11.3 Å². The molecule has 0 saturated carbocycles. The lowest BCUT2D eigenvalue weighted by atomic mass is 10.1. The van der Waals surface area contributed by atoms with Gasteiger partial charge in [0.15, 0.2) is 0 Å². The Kier molecular flexibility index (Phi) is 4.98. The fraction of sp³-hybridized carbons (Fsp3) is 0.300. The first kappa shape index (κ1) is 19.5. The summed E-state index contributed by atoms with van der Waals surface area (Å²) in [5.41, 5.74) is 1.61. The quantitative estimate of drug-likeness (QED) is 0.512. The van der Waals surface area contributed by atoms with Crippen molar-refractivity contribution in [2.75, 3.05) is 29.4 Å². The Balaban J connectivity index is 1.43. The van der Waals surface area contributed by atoms with Gasteiger partial charge in [0.25, 0.3) is 5.91 Å². The number of rotatable bonds is 3. The van der Waals surface area contributed by atoms with Gasteiger partial charge in [0.2, 0.25) is 5.95 Å². The molecule has 0 radical (unpaired) electrons. The number of amides is 1. The van der Waals surface area contributed by atoms with Gasteiger partial charge in [-0.25, -0.2) is 14.4 Å². The first-order chi connectivity index (χ1) is 14.5. The first-order valence-electron chi connectivity index (χ1n) is 9.47. The van der Waals surface area contributed by atoms with Crippen molar-refractivity contribution < 1.29 is 13.6 Å².